The fourth-order valence-electron chi connectivity index (χ4n) is 4.30. The standard InChI is InChI=1S/C23H30O4/c1-15-10-9-13-23(3,4)20(15)18(24)14-16(2)19(22(26)27-5)21(25)17-11-7-6-8-12-17/h6-8,10-12,16,19-20H,9,13-14H2,1-5H3. The minimum Gasteiger partial charge on any atom is -0.468 e. The smallest absolute Gasteiger partial charge is 0.316 e. The van der Waals surface area contributed by atoms with Crippen molar-refractivity contribution in [3.63, 3.8) is 0 Å². The monoisotopic (exact) mass is 370 g/mol. The van der Waals surface area contributed by atoms with E-state index in [1.54, 1.807) is 31.2 Å². The molecule has 3 atom stereocenters. The van der Waals surface area contributed by atoms with Gasteiger partial charge in [0.1, 0.15) is 11.7 Å². The summed E-state index contributed by atoms with van der Waals surface area (Å²) in [5, 5.41) is 0. The van der Waals surface area contributed by atoms with E-state index in [0.29, 0.717) is 5.56 Å². The molecule has 0 radical (unpaired) electrons. The summed E-state index contributed by atoms with van der Waals surface area (Å²) >= 11 is 0. The molecule has 0 heterocycles. The van der Waals surface area contributed by atoms with Crippen LogP contribution in [0, 0.1) is 23.2 Å². The van der Waals surface area contributed by atoms with Crippen molar-refractivity contribution in [3.05, 3.63) is 47.5 Å². The first kappa shape index (κ1) is 21.1. The summed E-state index contributed by atoms with van der Waals surface area (Å²) in [5.74, 6) is -2.35. The van der Waals surface area contributed by atoms with Crippen LogP contribution in [0.4, 0.5) is 0 Å². The fourth-order valence-corrected chi connectivity index (χ4v) is 4.30. The van der Waals surface area contributed by atoms with E-state index in [9.17, 15) is 14.4 Å². The van der Waals surface area contributed by atoms with Crippen molar-refractivity contribution in [2.75, 3.05) is 7.11 Å². The summed E-state index contributed by atoms with van der Waals surface area (Å²) in [6.07, 6.45) is 4.25. The highest BCUT2D eigenvalue weighted by Gasteiger charge is 2.41. The van der Waals surface area contributed by atoms with Gasteiger partial charge in [-0.1, -0.05) is 62.8 Å². The van der Waals surface area contributed by atoms with Crippen LogP contribution in [0.3, 0.4) is 0 Å². The zero-order valence-electron chi connectivity index (χ0n) is 17.0. The van der Waals surface area contributed by atoms with Crippen molar-refractivity contribution in [2.45, 2.75) is 47.0 Å². The van der Waals surface area contributed by atoms with E-state index in [4.69, 9.17) is 4.74 Å². The Hall–Kier alpha value is -2.23. The molecule has 0 spiro atoms. The van der Waals surface area contributed by atoms with Gasteiger partial charge in [-0.25, -0.2) is 0 Å². The largest absolute Gasteiger partial charge is 0.468 e. The summed E-state index contributed by atoms with van der Waals surface area (Å²) in [6.45, 7) is 8.02. The molecule has 0 bridgehead atoms. The van der Waals surface area contributed by atoms with Crippen molar-refractivity contribution in [2.24, 2.45) is 23.2 Å². The highest BCUT2D eigenvalue weighted by molar-refractivity contribution is 6.09. The molecule has 1 aliphatic rings. The van der Waals surface area contributed by atoms with Crippen molar-refractivity contribution < 1.29 is 19.1 Å². The Morgan fingerprint density at radius 1 is 1.19 bits per heavy atom. The van der Waals surface area contributed by atoms with Crippen LogP contribution in [-0.2, 0) is 14.3 Å². The van der Waals surface area contributed by atoms with Crippen LogP contribution in [0.5, 0.6) is 0 Å². The molecule has 0 saturated carbocycles. The van der Waals surface area contributed by atoms with E-state index in [0.717, 1.165) is 18.4 Å². The first-order valence-corrected chi connectivity index (χ1v) is 9.55. The topological polar surface area (TPSA) is 60.4 Å². The Bertz CT molecular complexity index is 730. The molecule has 0 N–H and O–H groups in total. The van der Waals surface area contributed by atoms with E-state index >= 15 is 0 Å². The molecule has 4 heteroatoms. The van der Waals surface area contributed by atoms with Crippen LogP contribution in [0.25, 0.3) is 0 Å². The Morgan fingerprint density at radius 2 is 1.81 bits per heavy atom. The van der Waals surface area contributed by atoms with Gasteiger partial charge in [-0.15, -0.1) is 0 Å². The number of rotatable bonds is 7. The zero-order chi connectivity index (χ0) is 20.2. The maximum atomic E-state index is 13.1. The number of carbonyl (C=O) groups is 3. The number of benzene rings is 1. The number of hydrogen-bond acceptors (Lipinski definition) is 4. The average molecular weight is 370 g/mol. The third kappa shape index (κ3) is 4.74. The summed E-state index contributed by atoms with van der Waals surface area (Å²) < 4.78 is 4.88. The molecule has 0 saturated heterocycles. The molecule has 0 amide bonds. The Morgan fingerprint density at radius 3 is 2.37 bits per heavy atom. The minimum absolute atomic E-state index is 0.0933. The van der Waals surface area contributed by atoms with Gasteiger partial charge in [0.2, 0.25) is 0 Å². The van der Waals surface area contributed by atoms with E-state index in [1.807, 2.05) is 13.0 Å². The predicted octanol–water partition coefficient (Wildman–Crippen LogP) is 4.64. The molecule has 1 aliphatic carbocycles. The summed E-state index contributed by atoms with van der Waals surface area (Å²) in [7, 11) is 1.28. The van der Waals surface area contributed by atoms with Gasteiger partial charge in [0.15, 0.2) is 5.78 Å². The number of allylic oxidation sites excluding steroid dienone is 2. The maximum Gasteiger partial charge on any atom is 0.316 e. The average Bonchev–Trinajstić information content (AvgIpc) is 2.61. The molecular weight excluding hydrogens is 340 g/mol. The van der Waals surface area contributed by atoms with Crippen molar-refractivity contribution in [1.82, 2.24) is 0 Å². The summed E-state index contributed by atoms with van der Waals surface area (Å²) in [4.78, 5) is 38.4. The predicted molar refractivity (Wildman–Crippen MR) is 105 cm³/mol. The normalized spacial score (nSPS) is 20.9. The number of ether oxygens (including phenoxy) is 1. The second kappa shape index (κ2) is 8.64. The van der Waals surface area contributed by atoms with E-state index in [2.05, 4.69) is 19.9 Å². The number of hydrogen-bond donors (Lipinski definition) is 0. The van der Waals surface area contributed by atoms with Gasteiger partial charge in [0.25, 0.3) is 0 Å². The quantitative estimate of drug-likeness (QED) is 0.304. The summed E-state index contributed by atoms with van der Waals surface area (Å²) in [6, 6.07) is 8.71. The second-order valence-electron chi connectivity index (χ2n) is 8.29. The molecule has 1 aromatic carbocycles. The van der Waals surface area contributed by atoms with Crippen LogP contribution < -0.4 is 0 Å². The van der Waals surface area contributed by atoms with Crippen LogP contribution in [-0.4, -0.2) is 24.6 Å². The van der Waals surface area contributed by atoms with Gasteiger partial charge in [0, 0.05) is 17.9 Å². The van der Waals surface area contributed by atoms with Crippen LogP contribution >= 0.6 is 0 Å². The maximum absolute atomic E-state index is 13.1. The minimum atomic E-state index is -0.975. The van der Waals surface area contributed by atoms with Crippen LogP contribution in [0.15, 0.2) is 42.0 Å². The van der Waals surface area contributed by atoms with E-state index in [-0.39, 0.29) is 29.3 Å². The molecule has 146 valence electrons. The molecule has 27 heavy (non-hydrogen) atoms. The van der Waals surface area contributed by atoms with Crippen molar-refractivity contribution in [1.29, 1.82) is 0 Å². The van der Waals surface area contributed by atoms with Crippen molar-refractivity contribution in [3.8, 4) is 0 Å². The number of methoxy groups -OCH3 is 1. The Kier molecular flexibility index (Phi) is 6.74. The lowest BCUT2D eigenvalue weighted by atomic mass is 9.65. The van der Waals surface area contributed by atoms with Gasteiger partial charge in [-0.05, 0) is 31.1 Å². The lowest BCUT2D eigenvalue weighted by molar-refractivity contribution is -0.145. The Labute approximate surface area is 162 Å². The molecular formula is C23H30O4. The lowest BCUT2D eigenvalue weighted by Gasteiger charge is -2.38. The molecule has 0 aromatic heterocycles. The first-order valence-electron chi connectivity index (χ1n) is 9.55. The first-order chi connectivity index (χ1) is 12.7. The SMILES string of the molecule is COC(=O)C(C(=O)c1ccccc1)C(C)CC(=O)C1C(C)=CCCC1(C)C. The summed E-state index contributed by atoms with van der Waals surface area (Å²) in [5.41, 5.74) is 1.44. The number of carbonyl (C=O) groups excluding carboxylic acids is 3. The lowest BCUT2D eigenvalue weighted by Crippen LogP contribution is -2.38. The second-order valence-corrected chi connectivity index (χ2v) is 8.29. The highest BCUT2D eigenvalue weighted by atomic mass is 16.5. The number of ketones is 2. The van der Waals surface area contributed by atoms with Gasteiger partial charge in [0.05, 0.1) is 7.11 Å². The van der Waals surface area contributed by atoms with Gasteiger partial charge in [-0.3, -0.25) is 14.4 Å². The van der Waals surface area contributed by atoms with E-state index < -0.39 is 17.8 Å². The van der Waals surface area contributed by atoms with Gasteiger partial charge < -0.3 is 4.74 Å². The van der Waals surface area contributed by atoms with Crippen LogP contribution in [0.2, 0.25) is 0 Å². The number of esters is 1. The van der Waals surface area contributed by atoms with Gasteiger partial charge in [-0.2, -0.15) is 0 Å². The van der Waals surface area contributed by atoms with Crippen LogP contribution in [0.1, 0.15) is 57.3 Å². The van der Waals surface area contributed by atoms with E-state index in [1.165, 1.54) is 7.11 Å². The highest BCUT2D eigenvalue weighted by Crippen LogP contribution is 2.42. The third-order valence-corrected chi connectivity index (χ3v) is 5.70. The molecule has 0 fully saturated rings. The zero-order valence-corrected chi connectivity index (χ0v) is 17.0. The fraction of sp³-hybridized carbons (Fsp3) is 0.522. The molecule has 0 aliphatic heterocycles. The Balaban J connectivity index is 2.23. The number of Topliss-reactive ketones (excluding diaryl/α,β-unsaturated/α-hetero) is 2. The molecule has 1 aromatic rings. The van der Waals surface area contributed by atoms with Crippen molar-refractivity contribution >= 4 is 17.5 Å². The van der Waals surface area contributed by atoms with Gasteiger partial charge >= 0.3 is 5.97 Å². The molecule has 4 nitrogen and oxygen atoms in total. The molecule has 2 rings (SSSR count). The third-order valence-electron chi connectivity index (χ3n) is 5.70. The molecule has 3 unspecified atom stereocenters.